The molecular formula is C20H21ClN2O3. The molecule has 0 atom stereocenters. The average Bonchev–Trinajstić information content (AvgIpc) is 3.07. The normalized spacial score (nSPS) is 12.9. The molecule has 1 heterocycles. The Morgan fingerprint density at radius 1 is 1.00 bits per heavy atom. The molecule has 136 valence electrons. The van der Waals surface area contributed by atoms with Gasteiger partial charge in [0.25, 0.3) is 0 Å². The van der Waals surface area contributed by atoms with Crippen LogP contribution in [-0.2, 0) is 14.3 Å². The summed E-state index contributed by atoms with van der Waals surface area (Å²) in [6.07, 6.45) is 1.68. The molecule has 6 heteroatoms. The van der Waals surface area contributed by atoms with E-state index in [-0.39, 0.29) is 18.4 Å². The molecule has 0 spiro atoms. The van der Waals surface area contributed by atoms with Crippen LogP contribution < -0.4 is 5.32 Å². The summed E-state index contributed by atoms with van der Waals surface area (Å²) in [4.78, 5) is 13.3. The van der Waals surface area contributed by atoms with Crippen LogP contribution in [0.4, 0.5) is 0 Å². The van der Waals surface area contributed by atoms with Crippen molar-refractivity contribution < 1.29 is 14.3 Å². The molecule has 1 aliphatic heterocycles. The molecule has 0 unspecified atom stereocenters. The Hall–Kier alpha value is -2.72. The summed E-state index contributed by atoms with van der Waals surface area (Å²) in [5, 5.41) is 2.94. The smallest absolute Gasteiger partial charge is 0.213 e. The predicted molar refractivity (Wildman–Crippen MR) is 102 cm³/mol. The van der Waals surface area contributed by atoms with Gasteiger partial charge in [0.05, 0.1) is 18.8 Å². The fourth-order valence-corrected chi connectivity index (χ4v) is 2.82. The molecule has 26 heavy (non-hydrogen) atoms. The summed E-state index contributed by atoms with van der Waals surface area (Å²) < 4.78 is 10.9. The van der Waals surface area contributed by atoms with Gasteiger partial charge in [0.15, 0.2) is 5.94 Å². The fourth-order valence-electron chi connectivity index (χ4n) is 2.82. The number of nitrogens with zero attached hydrogens (tertiary/aromatic N) is 1. The molecular weight excluding hydrogens is 352 g/mol. The third-order valence-corrected chi connectivity index (χ3v) is 3.93. The summed E-state index contributed by atoms with van der Waals surface area (Å²) in [6.45, 7) is 0.857. The SMILES string of the molecule is COCCOC1=CNC(=C=O)N1C(c1ccccc1)c1ccccc1.Cl. The van der Waals surface area contributed by atoms with Gasteiger partial charge in [0.2, 0.25) is 11.7 Å². The molecule has 0 fully saturated rings. The molecule has 2 aromatic carbocycles. The van der Waals surface area contributed by atoms with Crippen molar-refractivity contribution in [2.45, 2.75) is 6.04 Å². The lowest BCUT2D eigenvalue weighted by molar-refractivity contribution is 0.0725. The molecule has 0 bridgehead atoms. The first-order valence-electron chi connectivity index (χ1n) is 8.08. The second-order valence-electron chi connectivity index (χ2n) is 5.51. The van der Waals surface area contributed by atoms with E-state index in [2.05, 4.69) is 5.32 Å². The van der Waals surface area contributed by atoms with E-state index in [1.165, 1.54) is 0 Å². The van der Waals surface area contributed by atoms with Gasteiger partial charge in [-0.25, -0.2) is 4.79 Å². The fraction of sp³-hybridized carbons (Fsp3) is 0.200. The third kappa shape index (κ3) is 4.27. The van der Waals surface area contributed by atoms with E-state index in [1.807, 2.05) is 71.5 Å². The van der Waals surface area contributed by atoms with Crippen molar-refractivity contribution in [3.63, 3.8) is 0 Å². The highest BCUT2D eigenvalue weighted by molar-refractivity contribution is 5.85. The summed E-state index contributed by atoms with van der Waals surface area (Å²) in [7, 11) is 1.62. The van der Waals surface area contributed by atoms with E-state index < -0.39 is 0 Å². The summed E-state index contributed by atoms with van der Waals surface area (Å²) in [5.41, 5.74) is 2.10. The first kappa shape index (κ1) is 19.6. The minimum absolute atomic E-state index is 0. The lowest BCUT2D eigenvalue weighted by Crippen LogP contribution is -2.29. The van der Waals surface area contributed by atoms with Crippen LogP contribution in [0, 0.1) is 0 Å². The van der Waals surface area contributed by atoms with Crippen LogP contribution >= 0.6 is 12.4 Å². The van der Waals surface area contributed by atoms with Gasteiger partial charge in [0, 0.05) is 7.11 Å². The van der Waals surface area contributed by atoms with E-state index >= 15 is 0 Å². The van der Waals surface area contributed by atoms with E-state index in [0.717, 1.165) is 11.1 Å². The molecule has 0 saturated carbocycles. The van der Waals surface area contributed by atoms with Crippen molar-refractivity contribution in [1.82, 2.24) is 10.2 Å². The molecule has 0 amide bonds. The van der Waals surface area contributed by atoms with Crippen molar-refractivity contribution in [3.8, 4) is 0 Å². The molecule has 0 radical (unpaired) electrons. The molecule has 0 saturated heterocycles. The van der Waals surface area contributed by atoms with Gasteiger partial charge in [0.1, 0.15) is 6.61 Å². The van der Waals surface area contributed by atoms with E-state index in [4.69, 9.17) is 9.47 Å². The number of ether oxygens (including phenoxy) is 2. The lowest BCUT2D eigenvalue weighted by atomic mass is 9.97. The Morgan fingerprint density at radius 3 is 2.08 bits per heavy atom. The Morgan fingerprint density at radius 2 is 1.58 bits per heavy atom. The lowest BCUT2D eigenvalue weighted by Gasteiger charge is -2.31. The van der Waals surface area contributed by atoms with Crippen LogP contribution in [0.5, 0.6) is 0 Å². The number of hydrogen-bond acceptors (Lipinski definition) is 5. The Labute approximate surface area is 159 Å². The summed E-state index contributed by atoms with van der Waals surface area (Å²) in [5.74, 6) is 2.86. The number of carbonyl (C=O) groups excluding carboxylic acids is 1. The van der Waals surface area contributed by atoms with Gasteiger partial charge in [-0.2, -0.15) is 0 Å². The zero-order valence-electron chi connectivity index (χ0n) is 14.4. The topological polar surface area (TPSA) is 50.8 Å². The predicted octanol–water partition coefficient (Wildman–Crippen LogP) is 3.24. The average molecular weight is 373 g/mol. The highest BCUT2D eigenvalue weighted by atomic mass is 35.5. The van der Waals surface area contributed by atoms with Crippen molar-refractivity contribution in [1.29, 1.82) is 0 Å². The Kier molecular flexibility index (Phi) is 7.30. The largest absolute Gasteiger partial charge is 0.475 e. The molecule has 0 aliphatic carbocycles. The van der Waals surface area contributed by atoms with Crippen LogP contribution in [0.15, 0.2) is 78.6 Å². The number of rotatable bonds is 7. The van der Waals surface area contributed by atoms with Gasteiger partial charge >= 0.3 is 0 Å². The molecule has 0 aromatic heterocycles. The van der Waals surface area contributed by atoms with Gasteiger partial charge < -0.3 is 14.8 Å². The maximum absolute atomic E-state index is 11.5. The molecule has 3 rings (SSSR count). The standard InChI is InChI=1S/C20H20N2O3.ClH/c1-24-12-13-25-19-14-21-18(15-23)22(19)20(16-8-4-2-5-9-16)17-10-6-3-7-11-17;/h2-11,14,20-21H,12-13H2,1H3;1H. The maximum atomic E-state index is 11.5. The highest BCUT2D eigenvalue weighted by Gasteiger charge is 2.32. The van der Waals surface area contributed by atoms with Crippen LogP contribution in [0.3, 0.4) is 0 Å². The number of benzene rings is 2. The minimum Gasteiger partial charge on any atom is -0.475 e. The molecule has 2 aromatic rings. The first-order valence-corrected chi connectivity index (χ1v) is 8.08. The van der Waals surface area contributed by atoms with Crippen LogP contribution in [0.1, 0.15) is 17.2 Å². The maximum Gasteiger partial charge on any atom is 0.213 e. The van der Waals surface area contributed by atoms with Crippen LogP contribution in [0.25, 0.3) is 0 Å². The zero-order valence-corrected chi connectivity index (χ0v) is 15.2. The number of hydrogen-bond donors (Lipinski definition) is 1. The third-order valence-electron chi connectivity index (χ3n) is 3.93. The quantitative estimate of drug-likeness (QED) is 0.597. The summed E-state index contributed by atoms with van der Waals surface area (Å²) >= 11 is 0. The van der Waals surface area contributed by atoms with Crippen molar-refractivity contribution >= 4 is 18.3 Å². The van der Waals surface area contributed by atoms with Crippen LogP contribution in [-0.4, -0.2) is 31.2 Å². The number of halogens is 1. The second kappa shape index (κ2) is 9.68. The zero-order chi connectivity index (χ0) is 17.5. The van der Waals surface area contributed by atoms with Gasteiger partial charge in [-0.3, -0.25) is 4.90 Å². The minimum atomic E-state index is -0.206. The first-order chi connectivity index (χ1) is 12.3. The van der Waals surface area contributed by atoms with E-state index in [0.29, 0.717) is 24.9 Å². The summed E-state index contributed by atoms with van der Waals surface area (Å²) in [6, 6.07) is 19.8. The van der Waals surface area contributed by atoms with Gasteiger partial charge in [-0.05, 0) is 11.1 Å². The highest BCUT2D eigenvalue weighted by Crippen LogP contribution is 2.35. The van der Waals surface area contributed by atoms with Crippen molar-refractivity contribution in [2.75, 3.05) is 20.3 Å². The van der Waals surface area contributed by atoms with E-state index in [9.17, 15) is 4.79 Å². The van der Waals surface area contributed by atoms with Gasteiger partial charge in [-0.15, -0.1) is 12.4 Å². The molecule has 5 nitrogen and oxygen atoms in total. The molecule has 1 N–H and O–H groups in total. The Balaban J connectivity index is 0.00000243. The monoisotopic (exact) mass is 372 g/mol. The number of methoxy groups -OCH3 is 1. The number of nitrogens with one attached hydrogen (secondary N) is 1. The van der Waals surface area contributed by atoms with Crippen LogP contribution in [0.2, 0.25) is 0 Å². The Bertz CT molecular complexity index is 735. The van der Waals surface area contributed by atoms with Gasteiger partial charge in [-0.1, -0.05) is 60.7 Å². The van der Waals surface area contributed by atoms with Crippen molar-refractivity contribution in [2.24, 2.45) is 0 Å². The second-order valence-corrected chi connectivity index (χ2v) is 5.51. The van der Waals surface area contributed by atoms with Crippen molar-refractivity contribution in [3.05, 3.63) is 89.7 Å². The molecule has 1 aliphatic rings. The van der Waals surface area contributed by atoms with E-state index in [1.54, 1.807) is 13.3 Å².